The number of halogens is 1. The minimum atomic E-state index is -0.678. The zero-order valence-electron chi connectivity index (χ0n) is 17.2. The molecular formula is C25H23BrN2O3. The van der Waals surface area contributed by atoms with Gasteiger partial charge in [0.05, 0.1) is 13.7 Å². The second kappa shape index (κ2) is 9.35. The van der Waals surface area contributed by atoms with E-state index in [9.17, 15) is 9.59 Å². The smallest absolute Gasteiger partial charge is 0.255 e. The average Bonchev–Trinajstić information content (AvgIpc) is 3.06. The SMILES string of the molecule is COc1ccc(Br)cc1CN1C(=O)c2ccccc2[C@H]1C(=O)NCCc1ccccc1. The lowest BCUT2D eigenvalue weighted by atomic mass is 10.0. The summed E-state index contributed by atoms with van der Waals surface area (Å²) in [6.07, 6.45) is 0.731. The number of hydrogen-bond acceptors (Lipinski definition) is 3. The predicted octanol–water partition coefficient (Wildman–Crippen LogP) is 4.51. The van der Waals surface area contributed by atoms with E-state index in [1.54, 1.807) is 18.1 Å². The van der Waals surface area contributed by atoms with E-state index in [4.69, 9.17) is 4.74 Å². The zero-order chi connectivity index (χ0) is 21.8. The first-order valence-electron chi connectivity index (χ1n) is 10.1. The molecule has 0 saturated heterocycles. The number of carbonyl (C=O) groups excluding carboxylic acids is 2. The molecule has 0 fully saturated rings. The Morgan fingerprint density at radius 3 is 2.58 bits per heavy atom. The minimum absolute atomic E-state index is 0.152. The Hall–Kier alpha value is -3.12. The normalized spacial score (nSPS) is 15.0. The van der Waals surface area contributed by atoms with E-state index < -0.39 is 6.04 Å². The summed E-state index contributed by atoms with van der Waals surface area (Å²) in [5, 5.41) is 3.02. The molecule has 158 valence electrons. The number of ether oxygens (including phenoxy) is 1. The highest BCUT2D eigenvalue weighted by Crippen LogP contribution is 2.36. The van der Waals surface area contributed by atoms with Crippen molar-refractivity contribution in [2.45, 2.75) is 19.0 Å². The monoisotopic (exact) mass is 478 g/mol. The summed E-state index contributed by atoms with van der Waals surface area (Å²) in [4.78, 5) is 28.0. The molecule has 0 radical (unpaired) electrons. The molecule has 0 aliphatic carbocycles. The molecule has 1 N–H and O–H groups in total. The first-order valence-corrected chi connectivity index (χ1v) is 10.9. The number of nitrogens with zero attached hydrogens (tertiary/aromatic N) is 1. The lowest BCUT2D eigenvalue weighted by molar-refractivity contribution is -0.125. The zero-order valence-corrected chi connectivity index (χ0v) is 18.8. The Kier molecular flexibility index (Phi) is 6.37. The van der Waals surface area contributed by atoms with E-state index in [0.29, 0.717) is 17.9 Å². The van der Waals surface area contributed by atoms with Crippen LogP contribution in [0.15, 0.2) is 77.3 Å². The van der Waals surface area contributed by atoms with Crippen LogP contribution in [0.5, 0.6) is 5.75 Å². The van der Waals surface area contributed by atoms with E-state index in [2.05, 4.69) is 21.2 Å². The fourth-order valence-corrected chi connectivity index (χ4v) is 4.35. The van der Waals surface area contributed by atoms with Crippen LogP contribution in [0.1, 0.15) is 33.1 Å². The molecule has 3 aromatic rings. The second-order valence-electron chi connectivity index (χ2n) is 7.41. The Bertz CT molecular complexity index is 1100. The molecule has 31 heavy (non-hydrogen) atoms. The van der Waals surface area contributed by atoms with Gasteiger partial charge in [-0.2, -0.15) is 0 Å². The third-order valence-electron chi connectivity index (χ3n) is 5.45. The van der Waals surface area contributed by atoms with Crippen LogP contribution in [-0.4, -0.2) is 30.4 Å². The lowest BCUT2D eigenvalue weighted by Gasteiger charge is -2.25. The first-order chi connectivity index (χ1) is 15.1. The summed E-state index contributed by atoms with van der Waals surface area (Å²) >= 11 is 3.48. The van der Waals surface area contributed by atoms with Gasteiger partial charge in [0.15, 0.2) is 0 Å². The maximum Gasteiger partial charge on any atom is 0.255 e. The third kappa shape index (κ3) is 4.49. The van der Waals surface area contributed by atoms with Gasteiger partial charge in [0.1, 0.15) is 11.8 Å². The number of methoxy groups -OCH3 is 1. The number of fused-ring (bicyclic) bond motifs is 1. The van der Waals surface area contributed by atoms with Crippen molar-refractivity contribution in [1.29, 1.82) is 0 Å². The van der Waals surface area contributed by atoms with Crippen molar-refractivity contribution in [3.8, 4) is 5.75 Å². The van der Waals surface area contributed by atoms with Crippen LogP contribution < -0.4 is 10.1 Å². The molecule has 5 nitrogen and oxygen atoms in total. The van der Waals surface area contributed by atoms with Gasteiger partial charge >= 0.3 is 0 Å². The molecule has 2 amide bonds. The Labute approximate surface area is 190 Å². The van der Waals surface area contributed by atoms with Crippen LogP contribution >= 0.6 is 15.9 Å². The van der Waals surface area contributed by atoms with Crippen molar-refractivity contribution in [1.82, 2.24) is 10.2 Å². The van der Waals surface area contributed by atoms with Crippen molar-refractivity contribution in [3.63, 3.8) is 0 Å². The Morgan fingerprint density at radius 1 is 1.06 bits per heavy atom. The molecule has 6 heteroatoms. The standard InChI is InChI=1S/C25H23BrN2O3/c1-31-22-12-11-19(26)15-18(22)16-28-23(20-9-5-6-10-21(20)25(28)30)24(29)27-14-13-17-7-3-2-4-8-17/h2-12,15,23H,13-14,16H2,1H3,(H,27,29)/t23-/m0/s1. The van der Waals surface area contributed by atoms with Crippen LogP contribution in [0.2, 0.25) is 0 Å². The Balaban J connectivity index is 1.57. The van der Waals surface area contributed by atoms with Gasteiger partial charge in [0.2, 0.25) is 5.91 Å². The quantitative estimate of drug-likeness (QED) is 0.543. The second-order valence-corrected chi connectivity index (χ2v) is 8.32. The number of hydrogen-bond donors (Lipinski definition) is 1. The van der Waals surface area contributed by atoms with E-state index in [1.807, 2.05) is 66.7 Å². The molecule has 1 aliphatic rings. The van der Waals surface area contributed by atoms with Gasteiger partial charge in [0, 0.05) is 22.1 Å². The van der Waals surface area contributed by atoms with Gasteiger partial charge in [-0.3, -0.25) is 9.59 Å². The largest absolute Gasteiger partial charge is 0.496 e. The van der Waals surface area contributed by atoms with Crippen molar-refractivity contribution < 1.29 is 14.3 Å². The Morgan fingerprint density at radius 2 is 1.81 bits per heavy atom. The van der Waals surface area contributed by atoms with Gasteiger partial charge < -0.3 is 15.0 Å². The fourth-order valence-electron chi connectivity index (χ4n) is 3.94. The molecule has 3 aromatic carbocycles. The van der Waals surface area contributed by atoms with Gasteiger partial charge in [-0.1, -0.05) is 64.5 Å². The van der Waals surface area contributed by atoms with Crippen LogP contribution in [-0.2, 0) is 17.8 Å². The molecule has 0 saturated carbocycles. The van der Waals surface area contributed by atoms with Crippen molar-refractivity contribution in [3.05, 3.63) is 99.5 Å². The molecular weight excluding hydrogens is 456 g/mol. The van der Waals surface area contributed by atoms with Crippen LogP contribution in [0.3, 0.4) is 0 Å². The summed E-state index contributed by atoms with van der Waals surface area (Å²) < 4.78 is 6.36. The molecule has 4 rings (SSSR count). The maximum absolute atomic E-state index is 13.2. The summed E-state index contributed by atoms with van der Waals surface area (Å²) in [6, 6.07) is 22.3. The molecule has 0 aromatic heterocycles. The fraction of sp³-hybridized carbons (Fsp3) is 0.200. The summed E-state index contributed by atoms with van der Waals surface area (Å²) in [6.45, 7) is 0.774. The molecule has 0 bridgehead atoms. The summed E-state index contributed by atoms with van der Waals surface area (Å²) in [5.41, 5.74) is 3.29. The highest BCUT2D eigenvalue weighted by Gasteiger charge is 2.41. The van der Waals surface area contributed by atoms with Gasteiger partial charge in [0.25, 0.3) is 5.91 Å². The van der Waals surface area contributed by atoms with Crippen LogP contribution in [0.4, 0.5) is 0 Å². The number of amides is 2. The minimum Gasteiger partial charge on any atom is -0.496 e. The van der Waals surface area contributed by atoms with Gasteiger partial charge in [-0.15, -0.1) is 0 Å². The highest BCUT2D eigenvalue weighted by atomic mass is 79.9. The number of rotatable bonds is 7. The maximum atomic E-state index is 13.2. The van der Waals surface area contributed by atoms with Crippen LogP contribution in [0.25, 0.3) is 0 Å². The number of carbonyl (C=O) groups is 2. The third-order valence-corrected chi connectivity index (χ3v) is 5.94. The average molecular weight is 479 g/mol. The molecule has 1 aliphatic heterocycles. The first kappa shape index (κ1) is 21.1. The number of nitrogens with one attached hydrogen (secondary N) is 1. The van der Waals surface area contributed by atoms with Crippen molar-refractivity contribution in [2.24, 2.45) is 0 Å². The highest BCUT2D eigenvalue weighted by molar-refractivity contribution is 9.10. The molecule has 1 atom stereocenters. The number of benzene rings is 3. The van der Waals surface area contributed by atoms with Gasteiger partial charge in [-0.05, 0) is 41.8 Å². The summed E-state index contributed by atoms with van der Waals surface area (Å²) in [5.74, 6) is 0.347. The topological polar surface area (TPSA) is 58.6 Å². The van der Waals surface area contributed by atoms with E-state index >= 15 is 0 Å². The lowest BCUT2D eigenvalue weighted by Crippen LogP contribution is -2.39. The molecule has 0 spiro atoms. The van der Waals surface area contributed by atoms with Crippen LogP contribution in [0, 0.1) is 0 Å². The van der Waals surface area contributed by atoms with E-state index in [0.717, 1.165) is 27.6 Å². The van der Waals surface area contributed by atoms with E-state index in [-0.39, 0.29) is 18.4 Å². The van der Waals surface area contributed by atoms with E-state index in [1.165, 1.54) is 0 Å². The molecule has 1 heterocycles. The molecule has 0 unspecified atom stereocenters. The van der Waals surface area contributed by atoms with Crippen molar-refractivity contribution in [2.75, 3.05) is 13.7 Å². The van der Waals surface area contributed by atoms with Gasteiger partial charge in [-0.25, -0.2) is 0 Å². The van der Waals surface area contributed by atoms with Crippen molar-refractivity contribution >= 4 is 27.7 Å². The predicted molar refractivity (Wildman–Crippen MR) is 123 cm³/mol. The summed E-state index contributed by atoms with van der Waals surface area (Å²) in [7, 11) is 1.60.